The van der Waals surface area contributed by atoms with Crippen LogP contribution in [0.3, 0.4) is 0 Å². The normalized spacial score (nSPS) is 22.0. The van der Waals surface area contributed by atoms with E-state index in [4.69, 9.17) is 11.6 Å². The number of aliphatic hydroxyl groups excluding tert-OH is 1. The van der Waals surface area contributed by atoms with Crippen LogP contribution in [0.1, 0.15) is 22.3 Å². The summed E-state index contributed by atoms with van der Waals surface area (Å²) in [6.45, 7) is 3.54. The molecule has 7 heteroatoms. The minimum Gasteiger partial charge on any atom is -0.390 e. The molecule has 2 aliphatic rings. The Balaban J connectivity index is 1.27. The Kier molecular flexibility index (Phi) is 6.90. The van der Waals surface area contributed by atoms with Crippen LogP contribution in [0.5, 0.6) is 0 Å². The van der Waals surface area contributed by atoms with Crippen LogP contribution in [0.15, 0.2) is 54.6 Å². The zero-order chi connectivity index (χ0) is 21.8. The number of halogens is 1. The first-order chi connectivity index (χ1) is 15.0. The van der Waals surface area contributed by atoms with Crippen molar-refractivity contribution in [3.8, 4) is 0 Å². The second-order valence-corrected chi connectivity index (χ2v) is 8.69. The molecular formula is C24H28ClN3O3. The van der Waals surface area contributed by atoms with Crippen LogP contribution in [0, 0.1) is 0 Å². The molecule has 0 unspecified atom stereocenters. The lowest BCUT2D eigenvalue weighted by molar-refractivity contribution is -0.133. The van der Waals surface area contributed by atoms with Crippen molar-refractivity contribution in [2.75, 3.05) is 39.3 Å². The molecule has 2 aromatic carbocycles. The Morgan fingerprint density at radius 2 is 1.58 bits per heavy atom. The Hall–Kier alpha value is -2.41. The molecule has 2 aliphatic heterocycles. The molecule has 2 saturated heterocycles. The summed E-state index contributed by atoms with van der Waals surface area (Å²) in [5.74, 6) is 0.0861. The third kappa shape index (κ3) is 5.26. The van der Waals surface area contributed by atoms with Crippen molar-refractivity contribution < 1.29 is 14.7 Å². The van der Waals surface area contributed by atoms with E-state index in [0.717, 1.165) is 6.42 Å². The molecule has 31 heavy (non-hydrogen) atoms. The number of nitrogens with zero attached hydrogens (tertiary/aromatic N) is 3. The van der Waals surface area contributed by atoms with Gasteiger partial charge in [-0.15, -0.1) is 0 Å². The average Bonchev–Trinajstić information content (AvgIpc) is 3.20. The highest BCUT2D eigenvalue weighted by molar-refractivity contribution is 6.30. The molecule has 0 spiro atoms. The van der Waals surface area contributed by atoms with Crippen LogP contribution in [0.4, 0.5) is 0 Å². The molecule has 6 nitrogen and oxygen atoms in total. The number of likely N-dealkylation sites (tertiary alicyclic amines) is 1. The highest BCUT2D eigenvalue weighted by atomic mass is 35.5. The topological polar surface area (TPSA) is 64.1 Å². The van der Waals surface area contributed by atoms with Crippen molar-refractivity contribution in [1.82, 2.24) is 14.7 Å². The van der Waals surface area contributed by atoms with Crippen molar-refractivity contribution in [1.29, 1.82) is 0 Å². The SMILES string of the molecule is O=C(CCc1ccccc1)N1CCN([C@H]2CN(C(=O)c3ccc(Cl)cc3)C[C@@H]2O)CC1. The van der Waals surface area contributed by atoms with Gasteiger partial charge in [0.2, 0.25) is 5.91 Å². The van der Waals surface area contributed by atoms with Gasteiger partial charge in [0.15, 0.2) is 0 Å². The predicted octanol–water partition coefficient (Wildman–Crippen LogP) is 2.30. The van der Waals surface area contributed by atoms with E-state index in [1.165, 1.54) is 5.56 Å². The number of aliphatic hydroxyl groups is 1. The van der Waals surface area contributed by atoms with Gasteiger partial charge in [-0.2, -0.15) is 0 Å². The van der Waals surface area contributed by atoms with E-state index in [0.29, 0.717) is 56.3 Å². The van der Waals surface area contributed by atoms with Gasteiger partial charge in [-0.05, 0) is 36.2 Å². The third-order valence-electron chi connectivity index (χ3n) is 6.24. The van der Waals surface area contributed by atoms with Crippen molar-refractivity contribution >= 4 is 23.4 Å². The summed E-state index contributed by atoms with van der Waals surface area (Å²) >= 11 is 5.91. The van der Waals surface area contributed by atoms with Gasteiger partial charge in [-0.25, -0.2) is 0 Å². The smallest absolute Gasteiger partial charge is 0.253 e. The zero-order valence-electron chi connectivity index (χ0n) is 17.5. The molecule has 2 atom stereocenters. The molecule has 0 aromatic heterocycles. The Labute approximate surface area is 188 Å². The van der Waals surface area contributed by atoms with Gasteiger partial charge in [0.25, 0.3) is 5.91 Å². The summed E-state index contributed by atoms with van der Waals surface area (Å²) in [6, 6.07) is 16.8. The van der Waals surface area contributed by atoms with Crippen LogP contribution >= 0.6 is 11.6 Å². The second kappa shape index (κ2) is 9.81. The number of piperazine rings is 1. The first kappa shape index (κ1) is 21.8. The summed E-state index contributed by atoms with van der Waals surface area (Å²) in [6.07, 6.45) is 0.680. The zero-order valence-corrected chi connectivity index (χ0v) is 18.2. The monoisotopic (exact) mass is 441 g/mol. The number of amides is 2. The van der Waals surface area contributed by atoms with Crippen molar-refractivity contribution in [2.24, 2.45) is 0 Å². The number of hydrogen-bond acceptors (Lipinski definition) is 4. The highest BCUT2D eigenvalue weighted by Crippen LogP contribution is 2.21. The predicted molar refractivity (Wildman–Crippen MR) is 120 cm³/mol. The summed E-state index contributed by atoms with van der Waals surface area (Å²) in [4.78, 5) is 31.2. The van der Waals surface area contributed by atoms with Crippen LogP contribution in [0.2, 0.25) is 5.02 Å². The minimum absolute atomic E-state index is 0.0899. The number of benzene rings is 2. The Morgan fingerprint density at radius 3 is 2.26 bits per heavy atom. The first-order valence-electron chi connectivity index (χ1n) is 10.8. The van der Waals surface area contributed by atoms with E-state index in [2.05, 4.69) is 4.90 Å². The second-order valence-electron chi connectivity index (χ2n) is 8.25. The van der Waals surface area contributed by atoms with E-state index >= 15 is 0 Å². The largest absolute Gasteiger partial charge is 0.390 e. The standard InChI is InChI=1S/C24H28ClN3O3/c25-20-9-7-19(8-10-20)24(31)28-16-21(22(29)17-28)26-12-14-27(15-13-26)23(30)11-6-18-4-2-1-3-5-18/h1-5,7-10,21-22,29H,6,11-17H2/t21-,22-/m0/s1. The van der Waals surface area contributed by atoms with E-state index < -0.39 is 6.10 Å². The maximum atomic E-state index is 12.8. The lowest BCUT2D eigenvalue weighted by Gasteiger charge is -2.38. The lowest BCUT2D eigenvalue weighted by atomic mass is 10.1. The van der Waals surface area contributed by atoms with Gasteiger partial charge >= 0.3 is 0 Å². The van der Waals surface area contributed by atoms with E-state index in [1.807, 2.05) is 35.2 Å². The summed E-state index contributed by atoms with van der Waals surface area (Å²) in [5, 5.41) is 11.2. The molecule has 2 aromatic rings. The molecule has 0 bridgehead atoms. The fraction of sp³-hybridized carbons (Fsp3) is 0.417. The van der Waals surface area contributed by atoms with Crippen LogP contribution in [0.25, 0.3) is 0 Å². The number of β-amino-alcohol motifs (C(OH)–C–C–N with tert-alkyl or cyclic N) is 1. The maximum Gasteiger partial charge on any atom is 0.253 e. The van der Waals surface area contributed by atoms with E-state index in [-0.39, 0.29) is 17.9 Å². The fourth-order valence-electron chi connectivity index (χ4n) is 4.43. The fourth-order valence-corrected chi connectivity index (χ4v) is 4.55. The van der Waals surface area contributed by atoms with Crippen molar-refractivity contribution in [2.45, 2.75) is 25.0 Å². The molecule has 4 rings (SSSR count). The summed E-state index contributed by atoms with van der Waals surface area (Å²) < 4.78 is 0. The average molecular weight is 442 g/mol. The summed E-state index contributed by atoms with van der Waals surface area (Å²) in [7, 11) is 0. The minimum atomic E-state index is -0.586. The molecule has 0 radical (unpaired) electrons. The molecule has 2 heterocycles. The van der Waals surface area contributed by atoms with Gasteiger partial charge in [0.1, 0.15) is 0 Å². The number of carbonyl (C=O) groups excluding carboxylic acids is 2. The van der Waals surface area contributed by atoms with E-state index in [1.54, 1.807) is 29.2 Å². The van der Waals surface area contributed by atoms with Gasteiger partial charge in [0.05, 0.1) is 12.1 Å². The Morgan fingerprint density at radius 1 is 0.903 bits per heavy atom. The van der Waals surface area contributed by atoms with Crippen LogP contribution in [-0.4, -0.2) is 83.0 Å². The van der Waals surface area contributed by atoms with Gasteiger partial charge in [-0.3, -0.25) is 14.5 Å². The highest BCUT2D eigenvalue weighted by Gasteiger charge is 2.39. The molecule has 1 N–H and O–H groups in total. The van der Waals surface area contributed by atoms with Gasteiger partial charge in [0, 0.05) is 56.3 Å². The molecule has 2 amide bonds. The quantitative estimate of drug-likeness (QED) is 0.773. The molecule has 2 fully saturated rings. The van der Waals surface area contributed by atoms with Crippen LogP contribution < -0.4 is 0 Å². The third-order valence-corrected chi connectivity index (χ3v) is 6.50. The number of carbonyl (C=O) groups is 2. The first-order valence-corrected chi connectivity index (χ1v) is 11.2. The van der Waals surface area contributed by atoms with Crippen LogP contribution in [-0.2, 0) is 11.2 Å². The van der Waals surface area contributed by atoms with Gasteiger partial charge < -0.3 is 14.9 Å². The van der Waals surface area contributed by atoms with Crippen molar-refractivity contribution in [3.63, 3.8) is 0 Å². The lowest BCUT2D eigenvalue weighted by Crippen LogP contribution is -2.55. The number of hydrogen-bond donors (Lipinski definition) is 1. The molecule has 164 valence electrons. The molecular weight excluding hydrogens is 414 g/mol. The Bertz CT molecular complexity index is 898. The number of aryl methyl sites for hydroxylation is 1. The maximum absolute atomic E-state index is 12.8. The van der Waals surface area contributed by atoms with E-state index in [9.17, 15) is 14.7 Å². The number of rotatable bonds is 5. The summed E-state index contributed by atoms with van der Waals surface area (Å²) in [5.41, 5.74) is 1.75. The van der Waals surface area contributed by atoms with Crippen molar-refractivity contribution in [3.05, 3.63) is 70.7 Å². The molecule has 0 aliphatic carbocycles. The molecule has 0 saturated carbocycles. The van der Waals surface area contributed by atoms with Gasteiger partial charge in [-0.1, -0.05) is 41.9 Å².